The maximum absolute atomic E-state index is 12.3. The molecule has 3 N–H and O–H groups in total. The zero-order valence-corrected chi connectivity index (χ0v) is 19.3. The SMILES string of the molecule is O=C(NCCc1cccc(Oc2ccnc(C3=NCC(C(=O)O)N3)c2)c1)c1cc(Cl)cc(Cl)c1. The Hall–Kier alpha value is -3.62. The number of benzene rings is 2. The molecule has 2 aromatic carbocycles. The van der Waals surface area contributed by atoms with Crippen molar-refractivity contribution >= 4 is 40.9 Å². The number of pyridine rings is 1. The number of hydrogen-bond acceptors (Lipinski definition) is 6. The number of aliphatic imine (C=N–C) groups is 1. The molecule has 1 aromatic heterocycles. The van der Waals surface area contributed by atoms with Crippen LogP contribution in [-0.2, 0) is 11.2 Å². The van der Waals surface area contributed by atoms with Crippen molar-refractivity contribution in [1.82, 2.24) is 15.6 Å². The van der Waals surface area contributed by atoms with Crippen LogP contribution in [0.1, 0.15) is 21.6 Å². The second kappa shape index (κ2) is 10.5. The monoisotopic (exact) mass is 498 g/mol. The first kappa shape index (κ1) is 23.5. The molecular formula is C24H20Cl2N4O4. The summed E-state index contributed by atoms with van der Waals surface area (Å²) >= 11 is 11.9. The van der Waals surface area contributed by atoms with Crippen molar-refractivity contribution in [2.75, 3.05) is 13.1 Å². The minimum atomic E-state index is -0.962. The van der Waals surface area contributed by atoms with Crippen LogP contribution in [0.25, 0.3) is 0 Å². The number of carbonyl (C=O) groups excluding carboxylic acids is 1. The molecule has 0 aliphatic carbocycles. The predicted molar refractivity (Wildman–Crippen MR) is 129 cm³/mol. The summed E-state index contributed by atoms with van der Waals surface area (Å²) in [6.45, 7) is 0.572. The lowest BCUT2D eigenvalue weighted by molar-refractivity contribution is -0.138. The number of aromatic nitrogens is 1. The molecule has 1 aliphatic rings. The van der Waals surface area contributed by atoms with E-state index in [2.05, 4.69) is 20.6 Å². The summed E-state index contributed by atoms with van der Waals surface area (Å²) in [6, 6.07) is 14.9. The first-order chi connectivity index (χ1) is 16.4. The number of rotatable bonds is 8. The van der Waals surface area contributed by atoms with Crippen LogP contribution in [0.5, 0.6) is 11.5 Å². The highest BCUT2D eigenvalue weighted by Crippen LogP contribution is 2.23. The van der Waals surface area contributed by atoms with Crippen molar-refractivity contribution in [3.8, 4) is 11.5 Å². The quantitative estimate of drug-likeness (QED) is 0.433. The molecule has 1 unspecified atom stereocenters. The molecule has 2 heterocycles. The number of hydrogen-bond donors (Lipinski definition) is 3. The lowest BCUT2D eigenvalue weighted by atomic mass is 10.1. The maximum atomic E-state index is 12.3. The largest absolute Gasteiger partial charge is 0.480 e. The van der Waals surface area contributed by atoms with E-state index in [1.807, 2.05) is 24.3 Å². The van der Waals surface area contributed by atoms with Crippen molar-refractivity contribution in [3.05, 3.63) is 87.7 Å². The molecule has 1 aliphatic heterocycles. The fraction of sp³-hybridized carbons (Fsp3) is 0.167. The molecule has 8 nitrogen and oxygen atoms in total. The number of carboxylic acids is 1. The standard InChI is InChI=1S/C24H20Cl2N4O4/c25-16-9-15(10-17(26)11-16)23(31)28-6-4-14-2-1-3-18(8-14)34-19-5-7-27-20(12-19)22-29-13-21(30-22)24(32)33/h1-3,5,7-12,21H,4,6,13H2,(H,28,31)(H,29,30)(H,32,33). The van der Waals surface area contributed by atoms with Gasteiger partial charge in [-0.05, 0) is 48.4 Å². The Morgan fingerprint density at radius 2 is 1.85 bits per heavy atom. The van der Waals surface area contributed by atoms with Crippen LogP contribution >= 0.6 is 23.2 Å². The second-order valence-corrected chi connectivity index (χ2v) is 8.39. The minimum Gasteiger partial charge on any atom is -0.480 e. The number of nitrogens with zero attached hydrogens (tertiary/aromatic N) is 2. The smallest absolute Gasteiger partial charge is 0.328 e. The van der Waals surface area contributed by atoms with Gasteiger partial charge in [0.25, 0.3) is 5.91 Å². The van der Waals surface area contributed by atoms with Gasteiger partial charge in [-0.15, -0.1) is 0 Å². The Kier molecular flexibility index (Phi) is 7.30. The van der Waals surface area contributed by atoms with Crippen molar-refractivity contribution in [3.63, 3.8) is 0 Å². The zero-order valence-electron chi connectivity index (χ0n) is 17.8. The van der Waals surface area contributed by atoms with Gasteiger partial charge in [0.2, 0.25) is 0 Å². The highest BCUT2D eigenvalue weighted by molar-refractivity contribution is 6.35. The molecule has 10 heteroatoms. The zero-order chi connectivity index (χ0) is 24.1. The van der Waals surface area contributed by atoms with E-state index in [-0.39, 0.29) is 12.5 Å². The average molecular weight is 499 g/mol. The fourth-order valence-corrected chi connectivity index (χ4v) is 3.87. The van der Waals surface area contributed by atoms with Crippen LogP contribution in [0.3, 0.4) is 0 Å². The van der Waals surface area contributed by atoms with Crippen LogP contribution in [-0.4, -0.2) is 46.9 Å². The summed E-state index contributed by atoms with van der Waals surface area (Å²) in [7, 11) is 0. The summed E-state index contributed by atoms with van der Waals surface area (Å²) in [4.78, 5) is 31.9. The van der Waals surface area contributed by atoms with Crippen molar-refractivity contribution in [1.29, 1.82) is 0 Å². The number of amidine groups is 1. The third kappa shape index (κ3) is 6.03. The van der Waals surface area contributed by atoms with Gasteiger partial charge in [0.15, 0.2) is 0 Å². The van der Waals surface area contributed by atoms with Gasteiger partial charge in [0, 0.05) is 34.4 Å². The number of ether oxygens (including phenoxy) is 1. The Labute approximate surface area is 205 Å². The topological polar surface area (TPSA) is 113 Å². The molecule has 0 spiro atoms. The van der Waals surface area contributed by atoms with E-state index >= 15 is 0 Å². The molecule has 1 atom stereocenters. The minimum absolute atomic E-state index is 0.153. The summed E-state index contributed by atoms with van der Waals surface area (Å²) in [5, 5.41) is 15.6. The third-order valence-electron chi connectivity index (χ3n) is 4.97. The Bertz CT molecular complexity index is 1240. The highest BCUT2D eigenvalue weighted by Gasteiger charge is 2.25. The summed E-state index contributed by atoms with van der Waals surface area (Å²) in [6.07, 6.45) is 2.17. The normalized spacial score (nSPS) is 14.8. The van der Waals surface area contributed by atoms with E-state index in [1.165, 1.54) is 0 Å². The van der Waals surface area contributed by atoms with Crippen molar-refractivity contribution < 1.29 is 19.4 Å². The van der Waals surface area contributed by atoms with E-state index in [4.69, 9.17) is 33.0 Å². The number of carboxylic acid groups (broad SMARTS) is 1. The number of nitrogens with one attached hydrogen (secondary N) is 2. The molecular weight excluding hydrogens is 479 g/mol. The number of halogens is 2. The van der Waals surface area contributed by atoms with Crippen LogP contribution in [0.2, 0.25) is 10.0 Å². The predicted octanol–water partition coefficient (Wildman–Crippen LogP) is 3.96. The van der Waals surface area contributed by atoms with Gasteiger partial charge in [-0.2, -0.15) is 0 Å². The van der Waals surface area contributed by atoms with Crippen molar-refractivity contribution in [2.24, 2.45) is 4.99 Å². The molecule has 4 rings (SSSR count). The summed E-state index contributed by atoms with van der Waals surface area (Å²) < 4.78 is 5.96. The first-order valence-corrected chi connectivity index (χ1v) is 11.1. The summed E-state index contributed by atoms with van der Waals surface area (Å²) in [5.74, 6) is 0.359. The Morgan fingerprint density at radius 1 is 1.09 bits per heavy atom. The van der Waals surface area contributed by atoms with E-state index in [0.717, 1.165) is 5.56 Å². The molecule has 0 saturated heterocycles. The Balaban J connectivity index is 1.35. The van der Waals surface area contributed by atoms with E-state index in [0.29, 0.717) is 51.6 Å². The third-order valence-corrected chi connectivity index (χ3v) is 5.41. The van der Waals surface area contributed by atoms with E-state index in [9.17, 15) is 9.59 Å². The molecule has 0 radical (unpaired) electrons. The Morgan fingerprint density at radius 3 is 2.59 bits per heavy atom. The van der Waals surface area contributed by atoms with Gasteiger partial charge in [0.05, 0.1) is 6.54 Å². The molecule has 3 aromatic rings. The van der Waals surface area contributed by atoms with Crippen LogP contribution in [0.4, 0.5) is 0 Å². The van der Waals surface area contributed by atoms with Crippen LogP contribution in [0, 0.1) is 0 Å². The number of aliphatic carboxylic acids is 1. The maximum Gasteiger partial charge on any atom is 0.328 e. The number of amides is 1. The van der Waals surface area contributed by atoms with Crippen molar-refractivity contribution in [2.45, 2.75) is 12.5 Å². The molecule has 1 amide bonds. The molecule has 174 valence electrons. The molecule has 0 saturated carbocycles. The second-order valence-electron chi connectivity index (χ2n) is 7.51. The van der Waals surface area contributed by atoms with Gasteiger partial charge >= 0.3 is 5.97 Å². The van der Waals surface area contributed by atoms with E-state index in [1.54, 1.807) is 36.5 Å². The highest BCUT2D eigenvalue weighted by atomic mass is 35.5. The first-order valence-electron chi connectivity index (χ1n) is 10.4. The molecule has 0 fully saturated rings. The number of carbonyl (C=O) groups is 2. The van der Waals surface area contributed by atoms with Crippen LogP contribution in [0.15, 0.2) is 65.8 Å². The lowest BCUT2D eigenvalue weighted by Gasteiger charge is -2.10. The lowest BCUT2D eigenvalue weighted by Crippen LogP contribution is -2.37. The van der Waals surface area contributed by atoms with Gasteiger partial charge in [-0.3, -0.25) is 14.8 Å². The summed E-state index contributed by atoms with van der Waals surface area (Å²) in [5.41, 5.74) is 1.88. The van der Waals surface area contributed by atoms with Gasteiger partial charge in [-0.25, -0.2) is 4.79 Å². The average Bonchev–Trinajstić information content (AvgIpc) is 3.30. The molecule has 0 bridgehead atoms. The van der Waals surface area contributed by atoms with Gasteiger partial charge in [0.1, 0.15) is 29.1 Å². The van der Waals surface area contributed by atoms with Gasteiger partial charge in [-0.1, -0.05) is 35.3 Å². The van der Waals surface area contributed by atoms with Gasteiger partial charge < -0.3 is 20.5 Å². The molecule has 34 heavy (non-hydrogen) atoms. The van der Waals surface area contributed by atoms with Crippen LogP contribution < -0.4 is 15.4 Å². The van der Waals surface area contributed by atoms with E-state index < -0.39 is 12.0 Å². The fourth-order valence-electron chi connectivity index (χ4n) is 3.35.